The quantitative estimate of drug-likeness (QED) is 0.607. The minimum atomic E-state index is -0.499. The molecule has 1 rings (SSSR count). The number of benzene rings is 1. The third-order valence-electron chi connectivity index (χ3n) is 1.12. The molecule has 0 atom stereocenters. The Morgan fingerprint density at radius 3 is 2.27 bits per heavy atom. The van der Waals surface area contributed by atoms with Gasteiger partial charge in [0.05, 0.1) is 6.57 Å². The molecule has 0 N–H and O–H groups in total. The molecule has 0 saturated heterocycles. The summed E-state index contributed by atoms with van der Waals surface area (Å²) >= 11 is 0. The predicted molar refractivity (Wildman–Crippen MR) is 37.4 cm³/mol. The number of amides is 1. The van der Waals surface area contributed by atoms with E-state index in [1.165, 1.54) is 0 Å². The Balaban J connectivity index is 0.000001000. The Labute approximate surface area is 75.8 Å². The molecule has 0 spiro atoms. The largest absolute Gasteiger partial charge is 0.385 e. The van der Waals surface area contributed by atoms with Crippen LogP contribution in [0.15, 0.2) is 30.3 Å². The molecule has 0 aromatic heterocycles. The summed E-state index contributed by atoms with van der Waals surface area (Å²) in [6.07, 6.45) is 0. The summed E-state index contributed by atoms with van der Waals surface area (Å²) in [5, 5.41) is 0. The minimum absolute atomic E-state index is 0. The van der Waals surface area contributed by atoms with E-state index in [-0.39, 0.29) is 17.4 Å². The maximum atomic E-state index is 10.7. The molecule has 1 amide bonds. The zero-order valence-electron chi connectivity index (χ0n) is 5.65. The number of hydrogen-bond donors (Lipinski definition) is 0. The summed E-state index contributed by atoms with van der Waals surface area (Å²) in [6.45, 7) is 6.42. The van der Waals surface area contributed by atoms with Crippen LogP contribution in [0.5, 0.6) is 0 Å². The molecular formula is C8H5CrNO. The Hall–Kier alpha value is -1.09. The average molecular weight is 183 g/mol. The molecule has 0 heterocycles. The van der Waals surface area contributed by atoms with Crippen molar-refractivity contribution in [2.75, 3.05) is 0 Å². The first-order valence-corrected chi connectivity index (χ1v) is 2.81. The molecule has 0 aliphatic rings. The van der Waals surface area contributed by atoms with Crippen LogP contribution in [0.25, 0.3) is 4.85 Å². The molecule has 1 aromatic rings. The van der Waals surface area contributed by atoms with Gasteiger partial charge in [-0.1, -0.05) is 30.3 Å². The van der Waals surface area contributed by atoms with Crippen LogP contribution >= 0.6 is 0 Å². The molecule has 1 aromatic carbocycles. The molecule has 0 aliphatic heterocycles. The van der Waals surface area contributed by atoms with E-state index in [4.69, 9.17) is 6.57 Å². The van der Waals surface area contributed by atoms with Crippen LogP contribution < -0.4 is 0 Å². The molecule has 3 heteroatoms. The maximum absolute atomic E-state index is 10.7. The van der Waals surface area contributed by atoms with E-state index >= 15 is 0 Å². The van der Waals surface area contributed by atoms with Gasteiger partial charge in [-0.3, -0.25) is 0 Å². The van der Waals surface area contributed by atoms with Crippen molar-refractivity contribution in [1.29, 1.82) is 0 Å². The standard InChI is InChI=1S/C8H5NO.Cr/c1-9-8(10)7-5-3-2-4-6-7;/h2-6H;. The molecule has 2 nitrogen and oxygen atoms in total. The van der Waals surface area contributed by atoms with Gasteiger partial charge in [0.1, 0.15) is 0 Å². The third kappa shape index (κ3) is 2.55. The molecule has 0 saturated carbocycles. The topological polar surface area (TPSA) is 21.4 Å². The van der Waals surface area contributed by atoms with Gasteiger partial charge in [-0.05, 0) is 0 Å². The Morgan fingerprint density at radius 1 is 1.27 bits per heavy atom. The monoisotopic (exact) mass is 183 g/mol. The van der Waals surface area contributed by atoms with E-state index in [0.717, 1.165) is 0 Å². The van der Waals surface area contributed by atoms with Gasteiger partial charge in [-0.2, -0.15) is 4.85 Å². The SMILES string of the molecule is [C-]#[N+]C(=O)c1ccccc1.[Cr]. The van der Waals surface area contributed by atoms with Crippen LogP contribution in [0, 0.1) is 6.57 Å². The molecule has 0 aliphatic carbocycles. The Bertz CT molecular complexity index is 276. The third-order valence-corrected chi connectivity index (χ3v) is 1.12. The molecule has 11 heavy (non-hydrogen) atoms. The summed E-state index contributed by atoms with van der Waals surface area (Å²) in [5.41, 5.74) is 0.456. The van der Waals surface area contributed by atoms with Crippen molar-refractivity contribution in [2.45, 2.75) is 0 Å². The van der Waals surface area contributed by atoms with Gasteiger partial charge in [0.15, 0.2) is 0 Å². The van der Waals surface area contributed by atoms with Gasteiger partial charge in [-0.15, -0.1) is 0 Å². The van der Waals surface area contributed by atoms with E-state index in [1.54, 1.807) is 30.3 Å². The minimum Gasteiger partial charge on any atom is -0.311 e. The molecule has 0 bridgehead atoms. The molecule has 0 fully saturated rings. The summed E-state index contributed by atoms with van der Waals surface area (Å²) in [4.78, 5) is 13.4. The molecule has 0 radical (unpaired) electrons. The summed E-state index contributed by atoms with van der Waals surface area (Å²) in [7, 11) is 0. The van der Waals surface area contributed by atoms with Crippen LogP contribution in [0.3, 0.4) is 0 Å². The number of carbonyl (C=O) groups is 1. The van der Waals surface area contributed by atoms with Gasteiger partial charge < -0.3 is 4.79 Å². The first kappa shape index (κ1) is 9.91. The van der Waals surface area contributed by atoms with Crippen LogP contribution in [0.4, 0.5) is 0 Å². The van der Waals surface area contributed by atoms with Gasteiger partial charge in [0.25, 0.3) is 0 Å². The maximum Gasteiger partial charge on any atom is 0.385 e. The summed E-state index contributed by atoms with van der Waals surface area (Å²) < 4.78 is 0. The van der Waals surface area contributed by atoms with Gasteiger partial charge >= 0.3 is 5.91 Å². The fourth-order valence-corrected chi connectivity index (χ4v) is 0.645. The van der Waals surface area contributed by atoms with Crippen molar-refractivity contribution in [3.63, 3.8) is 0 Å². The number of carbonyl (C=O) groups excluding carboxylic acids is 1. The first-order valence-electron chi connectivity index (χ1n) is 2.81. The van der Waals surface area contributed by atoms with Crippen molar-refractivity contribution in [1.82, 2.24) is 0 Å². The molecule has 0 unspecified atom stereocenters. The van der Waals surface area contributed by atoms with E-state index in [2.05, 4.69) is 4.85 Å². The Kier molecular flexibility index (Phi) is 4.22. The van der Waals surface area contributed by atoms with Crippen LogP contribution in [0.2, 0.25) is 0 Å². The first-order chi connectivity index (χ1) is 4.84. The van der Waals surface area contributed by atoms with Crippen molar-refractivity contribution in [3.05, 3.63) is 47.3 Å². The van der Waals surface area contributed by atoms with Crippen LogP contribution in [0.1, 0.15) is 10.4 Å². The number of rotatable bonds is 1. The van der Waals surface area contributed by atoms with Crippen molar-refractivity contribution >= 4 is 5.91 Å². The van der Waals surface area contributed by atoms with Crippen molar-refractivity contribution in [2.24, 2.45) is 0 Å². The van der Waals surface area contributed by atoms with Crippen molar-refractivity contribution < 1.29 is 22.2 Å². The fourth-order valence-electron chi connectivity index (χ4n) is 0.645. The number of hydrogen-bond acceptors (Lipinski definition) is 1. The average Bonchev–Trinajstić information content (AvgIpc) is 2.05. The Morgan fingerprint density at radius 2 is 1.82 bits per heavy atom. The zero-order chi connectivity index (χ0) is 7.40. The normalized spacial score (nSPS) is 7.55. The van der Waals surface area contributed by atoms with Gasteiger partial charge in [-0.25, -0.2) is 0 Å². The molecule has 54 valence electrons. The van der Waals surface area contributed by atoms with Gasteiger partial charge in [0.2, 0.25) is 0 Å². The van der Waals surface area contributed by atoms with E-state index in [9.17, 15) is 4.79 Å². The second-order valence-corrected chi connectivity index (χ2v) is 1.78. The van der Waals surface area contributed by atoms with Gasteiger partial charge in [0, 0.05) is 22.9 Å². The predicted octanol–water partition coefficient (Wildman–Crippen LogP) is 1.74. The van der Waals surface area contributed by atoms with Crippen LogP contribution in [-0.2, 0) is 17.4 Å². The smallest absolute Gasteiger partial charge is 0.311 e. The van der Waals surface area contributed by atoms with E-state index < -0.39 is 5.91 Å². The second-order valence-electron chi connectivity index (χ2n) is 1.78. The molecular weight excluding hydrogens is 178 g/mol. The van der Waals surface area contributed by atoms with E-state index in [1.807, 2.05) is 0 Å². The summed E-state index contributed by atoms with van der Waals surface area (Å²) in [6, 6.07) is 8.53. The number of nitrogens with zero attached hydrogens (tertiary/aromatic N) is 1. The second kappa shape index (κ2) is 4.69. The van der Waals surface area contributed by atoms with Crippen LogP contribution in [-0.4, -0.2) is 5.91 Å². The van der Waals surface area contributed by atoms with E-state index in [0.29, 0.717) is 5.56 Å². The van der Waals surface area contributed by atoms with Crippen molar-refractivity contribution in [3.8, 4) is 0 Å². The fraction of sp³-hybridized carbons (Fsp3) is 0. The zero-order valence-corrected chi connectivity index (χ0v) is 6.93. The summed E-state index contributed by atoms with van der Waals surface area (Å²) in [5.74, 6) is -0.499.